The number of carbonyl (C=O) groups is 2. The molecule has 2 aromatic carbocycles. The third-order valence-corrected chi connectivity index (χ3v) is 5.70. The first-order valence-electron chi connectivity index (χ1n) is 13.5. The molecular weight excluding hydrogens is 690 g/mol. The summed E-state index contributed by atoms with van der Waals surface area (Å²) in [4.78, 5) is 22.0. The van der Waals surface area contributed by atoms with Gasteiger partial charge in [0.25, 0.3) is 0 Å². The average Bonchev–Trinajstić information content (AvgIpc) is 3.50. The van der Waals surface area contributed by atoms with E-state index in [2.05, 4.69) is 25.7 Å². The topological polar surface area (TPSA) is 184 Å². The number of nitrogens with zero attached hydrogens (tertiary/aromatic N) is 5. The molecule has 49 heavy (non-hydrogen) atoms. The molecule has 1 heterocycles. The molecule has 264 valence electrons. The Kier molecular flexibility index (Phi) is 15.7. The van der Waals surface area contributed by atoms with Crippen molar-refractivity contribution in [3.05, 3.63) is 72.3 Å². The van der Waals surface area contributed by atoms with E-state index in [1.165, 1.54) is 48.5 Å². The Morgan fingerprint density at radius 2 is 1.61 bits per heavy atom. The minimum atomic E-state index is -5.08. The maximum Gasteiger partial charge on any atom is 0.471 e. The van der Waals surface area contributed by atoms with Crippen LogP contribution >= 0.6 is 0 Å². The number of esters is 2. The van der Waals surface area contributed by atoms with Crippen LogP contribution in [0.2, 0.25) is 0 Å². The molecule has 20 heteroatoms. The lowest BCUT2D eigenvalue weighted by molar-refractivity contribution is -0.144. The van der Waals surface area contributed by atoms with Crippen molar-refractivity contribution in [3.63, 3.8) is 0 Å². The molecule has 0 aromatic heterocycles. The summed E-state index contributed by atoms with van der Waals surface area (Å²) < 4.78 is 110. The predicted molar refractivity (Wildman–Crippen MR) is 163 cm³/mol. The number of nitrogens with one attached hydrogen (secondary N) is 1. The quantitative estimate of drug-likeness (QED) is 0.0722. The molecule has 3 rings (SSSR count). The van der Waals surface area contributed by atoms with Gasteiger partial charge < -0.3 is 13.7 Å². The Morgan fingerprint density at radius 3 is 2.08 bits per heavy atom. The molecule has 0 saturated heterocycles. The van der Waals surface area contributed by atoms with Gasteiger partial charge in [0.15, 0.2) is 6.04 Å². The normalized spacial score (nSPS) is 14.3. The lowest BCUT2D eigenvalue weighted by Gasteiger charge is -2.21. The second-order valence-electron chi connectivity index (χ2n) is 8.99. The standard InChI is InChI=1S/C14H12F3N3O2.C10H8F3N3O3S.C5H8O2/c1-2-22-13(21)11-7-12(14(15,16)17)19-20(11)10-5-3-4-9(6-10)8-18;1-20(17,18)19-9(10(11,12)13)16-15-8-4-2-3-7(5-8)6-14;1-3-5(6)7-4-2/h3-6,11H,2,7H2,1H3;2-5,15H,1H3;3H,1,4H2,2H3/b;16-9-;. The summed E-state index contributed by atoms with van der Waals surface area (Å²) in [7, 11) is -4.37. The number of anilines is 2. The molecule has 0 radical (unpaired) electrons. The molecule has 0 aliphatic carbocycles. The molecule has 0 spiro atoms. The van der Waals surface area contributed by atoms with E-state index in [9.17, 15) is 44.3 Å². The SMILES string of the molecule is C=CC(=O)OCC.CCOC(=O)C1CC(C(F)(F)F)=NN1c1cccc(C#N)c1.CS(=O)(=O)O/C(=N\Nc1cccc(C#N)c1)C(F)(F)F. The number of alkyl halides is 6. The second kappa shape index (κ2) is 18.6. The fourth-order valence-corrected chi connectivity index (χ4v) is 3.73. The number of nitriles is 2. The van der Waals surface area contributed by atoms with Gasteiger partial charge in [0.1, 0.15) is 5.71 Å². The molecule has 0 bridgehead atoms. The second-order valence-corrected chi connectivity index (χ2v) is 10.6. The van der Waals surface area contributed by atoms with Gasteiger partial charge in [-0.25, -0.2) is 9.59 Å². The first kappa shape index (κ1) is 41.4. The number of halogens is 6. The Balaban J connectivity index is 0.000000413. The monoisotopic (exact) mass is 718 g/mol. The van der Waals surface area contributed by atoms with Crippen LogP contribution < -0.4 is 10.4 Å². The van der Waals surface area contributed by atoms with Gasteiger partial charge in [-0.3, -0.25) is 10.4 Å². The number of benzene rings is 2. The van der Waals surface area contributed by atoms with Gasteiger partial charge >= 0.3 is 40.3 Å². The van der Waals surface area contributed by atoms with Gasteiger partial charge in [-0.1, -0.05) is 18.7 Å². The molecule has 1 unspecified atom stereocenters. The van der Waals surface area contributed by atoms with E-state index in [4.69, 9.17) is 15.3 Å². The van der Waals surface area contributed by atoms with E-state index in [1.54, 1.807) is 19.9 Å². The van der Waals surface area contributed by atoms with Crippen molar-refractivity contribution in [1.82, 2.24) is 0 Å². The number of carbonyl (C=O) groups excluding carboxylic acids is 2. The largest absolute Gasteiger partial charge is 0.471 e. The van der Waals surface area contributed by atoms with Gasteiger partial charge in [-0.05, 0) is 50.2 Å². The summed E-state index contributed by atoms with van der Waals surface area (Å²) in [5.74, 6) is -3.10. The van der Waals surface area contributed by atoms with E-state index in [-0.39, 0.29) is 35.1 Å². The van der Waals surface area contributed by atoms with Crippen LogP contribution in [0, 0.1) is 22.7 Å². The van der Waals surface area contributed by atoms with Crippen molar-refractivity contribution in [2.24, 2.45) is 10.2 Å². The van der Waals surface area contributed by atoms with Crippen molar-refractivity contribution in [3.8, 4) is 12.1 Å². The van der Waals surface area contributed by atoms with Gasteiger partial charge in [-0.15, -0.1) is 5.10 Å². The lowest BCUT2D eigenvalue weighted by atomic mass is 10.1. The van der Waals surface area contributed by atoms with Crippen LogP contribution in [0.3, 0.4) is 0 Å². The maximum atomic E-state index is 12.9. The van der Waals surface area contributed by atoms with Crippen molar-refractivity contribution in [1.29, 1.82) is 10.5 Å². The molecule has 1 aliphatic heterocycles. The molecule has 0 saturated carbocycles. The van der Waals surface area contributed by atoms with Crippen molar-refractivity contribution in [2.45, 2.75) is 38.7 Å². The molecule has 1 N–H and O–H groups in total. The molecule has 2 aromatic rings. The van der Waals surface area contributed by atoms with Crippen LogP contribution in [0.4, 0.5) is 37.7 Å². The van der Waals surface area contributed by atoms with Gasteiger partial charge in [0.05, 0.1) is 54.1 Å². The number of ether oxygens (including phenoxy) is 2. The number of rotatable bonds is 8. The van der Waals surface area contributed by atoms with Crippen LogP contribution in [0.15, 0.2) is 71.4 Å². The van der Waals surface area contributed by atoms with E-state index in [0.29, 0.717) is 12.9 Å². The Bertz CT molecular complexity index is 1730. The van der Waals surface area contributed by atoms with E-state index >= 15 is 0 Å². The first-order chi connectivity index (χ1) is 22.8. The average molecular weight is 719 g/mol. The summed E-state index contributed by atoms with van der Waals surface area (Å²) >= 11 is 0. The fourth-order valence-electron chi connectivity index (χ4n) is 3.31. The highest BCUT2D eigenvalue weighted by atomic mass is 32.2. The number of hydrazone groups is 2. The molecule has 1 atom stereocenters. The van der Waals surface area contributed by atoms with Gasteiger partial charge in [0.2, 0.25) is 0 Å². The van der Waals surface area contributed by atoms with E-state index in [0.717, 1.165) is 11.1 Å². The van der Waals surface area contributed by atoms with Crippen LogP contribution in [-0.2, 0) is 33.4 Å². The highest BCUT2D eigenvalue weighted by Gasteiger charge is 2.46. The first-order valence-corrected chi connectivity index (χ1v) is 15.3. The molecular formula is C29H28F6N6O7S. The summed E-state index contributed by atoms with van der Waals surface area (Å²) in [6.45, 7) is 7.00. The number of hydrogen-bond acceptors (Lipinski definition) is 13. The summed E-state index contributed by atoms with van der Waals surface area (Å²) in [5.41, 5.74) is 1.69. The van der Waals surface area contributed by atoms with Crippen molar-refractivity contribution >= 4 is 45.0 Å². The summed E-state index contributed by atoms with van der Waals surface area (Å²) in [6, 6.07) is 13.8. The molecule has 13 nitrogen and oxygen atoms in total. The van der Waals surface area contributed by atoms with Crippen LogP contribution in [-0.4, -0.2) is 69.8 Å². The Morgan fingerprint density at radius 1 is 1.04 bits per heavy atom. The summed E-state index contributed by atoms with van der Waals surface area (Å²) in [6.07, 6.45) is -8.68. The molecule has 1 aliphatic rings. The zero-order chi connectivity index (χ0) is 37.4. The smallest absolute Gasteiger partial charge is 0.464 e. The van der Waals surface area contributed by atoms with Gasteiger partial charge in [-0.2, -0.15) is 50.4 Å². The third kappa shape index (κ3) is 14.8. The highest BCUT2D eigenvalue weighted by molar-refractivity contribution is 7.86. The third-order valence-electron chi connectivity index (χ3n) is 5.24. The highest BCUT2D eigenvalue weighted by Crippen LogP contribution is 2.32. The number of hydrogen-bond donors (Lipinski definition) is 1. The van der Waals surface area contributed by atoms with Crippen LogP contribution in [0.25, 0.3) is 0 Å². The maximum absolute atomic E-state index is 12.9. The van der Waals surface area contributed by atoms with Crippen LogP contribution in [0.1, 0.15) is 31.4 Å². The van der Waals surface area contributed by atoms with Crippen molar-refractivity contribution < 1.29 is 58.0 Å². The predicted octanol–water partition coefficient (Wildman–Crippen LogP) is 5.18. The zero-order valence-corrected chi connectivity index (χ0v) is 26.7. The van der Waals surface area contributed by atoms with Gasteiger partial charge in [0, 0.05) is 12.5 Å². The molecule has 0 amide bonds. The minimum Gasteiger partial charge on any atom is -0.464 e. The minimum absolute atomic E-state index is 0.0583. The summed E-state index contributed by atoms with van der Waals surface area (Å²) in [5, 5.41) is 24.8. The van der Waals surface area contributed by atoms with E-state index < -0.39 is 52.5 Å². The fraction of sp³-hybridized carbons (Fsp3) is 0.310. The zero-order valence-electron chi connectivity index (χ0n) is 25.9. The van der Waals surface area contributed by atoms with Crippen molar-refractivity contribution in [2.75, 3.05) is 29.9 Å². The Labute approximate surface area is 276 Å². The van der Waals surface area contributed by atoms with E-state index in [1.807, 2.05) is 11.5 Å². The van der Waals surface area contributed by atoms with Crippen LogP contribution in [0.5, 0.6) is 0 Å². The lowest BCUT2D eigenvalue weighted by Crippen LogP contribution is -2.36. The molecule has 0 fully saturated rings. The Hall–Kier alpha value is -5.63.